The number of rotatable bonds is 4. The lowest BCUT2D eigenvalue weighted by molar-refractivity contribution is -0.0863. The molecule has 1 saturated heterocycles. The van der Waals surface area contributed by atoms with Gasteiger partial charge in [0.15, 0.2) is 0 Å². The van der Waals surface area contributed by atoms with Gasteiger partial charge in [-0.15, -0.1) is 0 Å². The maximum absolute atomic E-state index is 13.4. The van der Waals surface area contributed by atoms with Crippen molar-refractivity contribution in [1.29, 1.82) is 0 Å². The fraction of sp³-hybridized carbons (Fsp3) is 0.471. The lowest BCUT2D eigenvalue weighted by Gasteiger charge is -2.39. The number of likely N-dealkylation sites (tertiary alicyclic amines) is 1. The first-order chi connectivity index (χ1) is 11.2. The van der Waals surface area contributed by atoms with Crippen LogP contribution in [0.2, 0.25) is 0 Å². The highest BCUT2D eigenvalue weighted by molar-refractivity contribution is 5.44. The number of benzene rings is 1. The van der Waals surface area contributed by atoms with Crippen molar-refractivity contribution in [2.75, 3.05) is 25.6 Å². The van der Waals surface area contributed by atoms with Crippen LogP contribution in [0.25, 0.3) is 5.69 Å². The fourth-order valence-electron chi connectivity index (χ4n) is 2.63. The molecule has 1 fully saturated rings. The van der Waals surface area contributed by atoms with Gasteiger partial charge in [-0.3, -0.25) is 4.90 Å². The van der Waals surface area contributed by atoms with E-state index in [0.29, 0.717) is 12.5 Å². The zero-order valence-electron chi connectivity index (χ0n) is 14.1. The Kier molecular flexibility index (Phi) is 4.31. The fourth-order valence-corrected chi connectivity index (χ4v) is 2.63. The third kappa shape index (κ3) is 3.73. The van der Waals surface area contributed by atoms with E-state index in [2.05, 4.69) is 10.00 Å². The summed E-state index contributed by atoms with van der Waals surface area (Å²) in [7, 11) is 0. The minimum Gasteiger partial charge on any atom is -0.384 e. The Morgan fingerprint density at radius 2 is 1.79 bits per heavy atom. The van der Waals surface area contributed by atoms with Crippen molar-refractivity contribution >= 4 is 5.82 Å². The summed E-state index contributed by atoms with van der Waals surface area (Å²) in [6.07, 6.45) is 0. The van der Waals surface area contributed by atoms with Gasteiger partial charge in [-0.05, 0) is 32.9 Å². The average molecular weight is 336 g/mol. The number of aromatic nitrogens is 2. The van der Waals surface area contributed by atoms with E-state index in [1.54, 1.807) is 6.07 Å². The van der Waals surface area contributed by atoms with Crippen LogP contribution in [0, 0.1) is 11.6 Å². The van der Waals surface area contributed by atoms with Crippen molar-refractivity contribution in [2.24, 2.45) is 0 Å². The Morgan fingerprint density at radius 1 is 1.17 bits per heavy atom. The number of anilines is 1. The average Bonchev–Trinajstić information content (AvgIpc) is 2.76. The number of hydrogen-bond donors (Lipinski definition) is 1. The Balaban J connectivity index is 1.68. The Labute approximate surface area is 140 Å². The topological polar surface area (TPSA) is 56.3 Å². The SMILES string of the molecule is CC(C)(C)OCN1CC(c2cc(N)n(-c3cc(F)cc(F)c3)n2)C1. The largest absolute Gasteiger partial charge is 0.384 e. The van der Waals surface area contributed by atoms with Crippen LogP contribution < -0.4 is 5.73 Å². The summed E-state index contributed by atoms with van der Waals surface area (Å²) in [5.41, 5.74) is 6.89. The summed E-state index contributed by atoms with van der Waals surface area (Å²) < 4.78 is 33.9. The summed E-state index contributed by atoms with van der Waals surface area (Å²) in [6, 6.07) is 5.00. The van der Waals surface area contributed by atoms with Gasteiger partial charge >= 0.3 is 0 Å². The minimum atomic E-state index is -0.657. The lowest BCUT2D eigenvalue weighted by atomic mass is 9.97. The number of nitrogens with zero attached hydrogens (tertiary/aromatic N) is 3. The molecule has 0 aliphatic carbocycles. The molecule has 0 atom stereocenters. The van der Waals surface area contributed by atoms with Crippen molar-refractivity contribution < 1.29 is 13.5 Å². The van der Waals surface area contributed by atoms with Gasteiger partial charge in [0.2, 0.25) is 0 Å². The highest BCUT2D eigenvalue weighted by Crippen LogP contribution is 2.29. The molecule has 1 aliphatic heterocycles. The van der Waals surface area contributed by atoms with Gasteiger partial charge in [0, 0.05) is 31.1 Å². The molecule has 24 heavy (non-hydrogen) atoms. The Bertz CT molecular complexity index is 712. The van der Waals surface area contributed by atoms with E-state index in [1.165, 1.54) is 16.8 Å². The molecular weight excluding hydrogens is 314 g/mol. The quantitative estimate of drug-likeness (QED) is 0.933. The van der Waals surface area contributed by atoms with E-state index in [9.17, 15) is 8.78 Å². The first kappa shape index (κ1) is 16.9. The van der Waals surface area contributed by atoms with Gasteiger partial charge in [0.05, 0.1) is 23.7 Å². The van der Waals surface area contributed by atoms with Crippen molar-refractivity contribution in [3.8, 4) is 5.69 Å². The van der Waals surface area contributed by atoms with Crippen LogP contribution in [0.5, 0.6) is 0 Å². The molecule has 3 rings (SSSR count). The Hall–Kier alpha value is -1.99. The van der Waals surface area contributed by atoms with E-state index in [1.807, 2.05) is 20.8 Å². The molecule has 0 unspecified atom stereocenters. The first-order valence-corrected chi connectivity index (χ1v) is 7.89. The van der Waals surface area contributed by atoms with Crippen molar-refractivity contribution in [3.63, 3.8) is 0 Å². The summed E-state index contributed by atoms with van der Waals surface area (Å²) >= 11 is 0. The van der Waals surface area contributed by atoms with Crippen LogP contribution in [0.1, 0.15) is 32.4 Å². The second kappa shape index (κ2) is 6.14. The van der Waals surface area contributed by atoms with E-state index < -0.39 is 11.6 Å². The molecule has 1 aliphatic rings. The smallest absolute Gasteiger partial charge is 0.128 e. The maximum atomic E-state index is 13.4. The number of ether oxygens (including phenoxy) is 1. The van der Waals surface area contributed by atoms with E-state index >= 15 is 0 Å². The summed E-state index contributed by atoms with van der Waals surface area (Å²) in [5, 5.41) is 4.42. The molecule has 0 bridgehead atoms. The summed E-state index contributed by atoms with van der Waals surface area (Å²) in [6.45, 7) is 8.28. The van der Waals surface area contributed by atoms with Gasteiger partial charge in [-0.2, -0.15) is 5.10 Å². The zero-order chi connectivity index (χ0) is 17.5. The normalized spacial score (nSPS) is 16.4. The first-order valence-electron chi connectivity index (χ1n) is 7.89. The van der Waals surface area contributed by atoms with Gasteiger partial charge in [0.1, 0.15) is 17.5 Å². The molecule has 0 radical (unpaired) electrons. The minimum absolute atomic E-state index is 0.168. The molecule has 2 N–H and O–H groups in total. The van der Waals surface area contributed by atoms with E-state index in [0.717, 1.165) is 24.8 Å². The predicted molar refractivity (Wildman–Crippen MR) is 87.9 cm³/mol. The summed E-state index contributed by atoms with van der Waals surface area (Å²) in [4.78, 5) is 2.17. The van der Waals surface area contributed by atoms with Crippen LogP contribution in [-0.4, -0.2) is 40.1 Å². The maximum Gasteiger partial charge on any atom is 0.128 e. The van der Waals surface area contributed by atoms with Crippen molar-refractivity contribution in [3.05, 3.63) is 41.6 Å². The summed E-state index contributed by atoms with van der Waals surface area (Å²) in [5.74, 6) is -0.707. The van der Waals surface area contributed by atoms with Crippen LogP contribution in [0.4, 0.5) is 14.6 Å². The third-order valence-electron chi connectivity index (χ3n) is 3.90. The molecule has 5 nitrogen and oxygen atoms in total. The monoisotopic (exact) mass is 336 g/mol. The van der Waals surface area contributed by atoms with Gasteiger partial charge < -0.3 is 10.5 Å². The van der Waals surface area contributed by atoms with Crippen LogP contribution >= 0.6 is 0 Å². The molecule has 7 heteroatoms. The highest BCUT2D eigenvalue weighted by atomic mass is 19.1. The van der Waals surface area contributed by atoms with Crippen LogP contribution in [-0.2, 0) is 4.74 Å². The molecule has 1 aromatic heterocycles. The van der Waals surface area contributed by atoms with Gasteiger partial charge in [-0.1, -0.05) is 0 Å². The van der Waals surface area contributed by atoms with Gasteiger partial charge in [-0.25, -0.2) is 13.5 Å². The number of halogens is 2. The number of hydrogen-bond acceptors (Lipinski definition) is 4. The van der Waals surface area contributed by atoms with Crippen LogP contribution in [0.15, 0.2) is 24.3 Å². The van der Waals surface area contributed by atoms with Crippen molar-refractivity contribution in [1.82, 2.24) is 14.7 Å². The predicted octanol–water partition coefficient (Wildman–Crippen LogP) is 2.90. The molecule has 130 valence electrons. The molecule has 2 aromatic rings. The molecule has 1 aromatic carbocycles. The number of nitrogen functional groups attached to an aromatic ring is 1. The third-order valence-corrected chi connectivity index (χ3v) is 3.90. The lowest BCUT2D eigenvalue weighted by Crippen LogP contribution is -2.47. The second-order valence-electron chi connectivity index (χ2n) is 7.15. The van der Waals surface area contributed by atoms with E-state index in [4.69, 9.17) is 10.5 Å². The van der Waals surface area contributed by atoms with Crippen molar-refractivity contribution in [2.45, 2.75) is 32.3 Å². The standard InChI is InChI=1S/C17H22F2N4O/c1-17(2,3)24-10-22-8-11(9-22)15-7-16(20)23(21-15)14-5-12(18)4-13(19)6-14/h4-7,11H,8-10,20H2,1-3H3. The molecule has 2 heterocycles. The number of nitrogens with two attached hydrogens (primary N) is 1. The molecule has 0 saturated carbocycles. The molecule has 0 amide bonds. The van der Waals surface area contributed by atoms with Gasteiger partial charge in [0.25, 0.3) is 0 Å². The van der Waals surface area contributed by atoms with Crippen LogP contribution in [0.3, 0.4) is 0 Å². The molecular formula is C17H22F2N4O. The van der Waals surface area contributed by atoms with E-state index in [-0.39, 0.29) is 17.2 Å². The highest BCUT2D eigenvalue weighted by Gasteiger charge is 2.31. The molecule has 0 spiro atoms. The zero-order valence-corrected chi connectivity index (χ0v) is 14.1. The Morgan fingerprint density at radius 3 is 2.38 bits per heavy atom. The second-order valence-corrected chi connectivity index (χ2v) is 7.15.